The fraction of sp³-hybridized carbons (Fsp3) is 0.381. The Bertz CT molecular complexity index is 1080. The van der Waals surface area contributed by atoms with Gasteiger partial charge in [-0.25, -0.2) is 13.9 Å². The number of carbonyl (C=O) groups excluding carboxylic acids is 1. The molecule has 1 fully saturated rings. The second kappa shape index (κ2) is 6.38. The Morgan fingerprint density at radius 1 is 1.29 bits per heavy atom. The van der Waals surface area contributed by atoms with Crippen molar-refractivity contribution in [1.82, 2.24) is 24.4 Å². The molecule has 5 rings (SSSR count). The number of hydrogen-bond donors (Lipinski definition) is 0. The van der Waals surface area contributed by atoms with E-state index in [1.807, 2.05) is 46.7 Å². The molecule has 1 amide bonds. The number of nitrogens with zero attached hydrogens (tertiary/aromatic N) is 5. The summed E-state index contributed by atoms with van der Waals surface area (Å²) in [4.78, 5) is 21.3. The molecule has 2 aliphatic rings. The third-order valence-electron chi connectivity index (χ3n) is 5.77. The van der Waals surface area contributed by atoms with Gasteiger partial charge >= 0.3 is 0 Å². The zero-order valence-electron chi connectivity index (χ0n) is 16.0. The summed E-state index contributed by atoms with van der Waals surface area (Å²) in [6.45, 7) is 0.420. The normalized spacial score (nSPS) is 20.8. The molecule has 0 unspecified atom stereocenters. The van der Waals surface area contributed by atoms with E-state index in [-0.39, 0.29) is 23.8 Å². The van der Waals surface area contributed by atoms with Crippen LogP contribution in [0.3, 0.4) is 0 Å². The molecule has 0 spiro atoms. The maximum absolute atomic E-state index is 13.6. The van der Waals surface area contributed by atoms with Gasteiger partial charge in [0.15, 0.2) is 5.65 Å². The van der Waals surface area contributed by atoms with Gasteiger partial charge in [-0.1, -0.05) is 12.1 Å². The lowest BCUT2D eigenvalue weighted by Crippen LogP contribution is -2.46. The standard InChI is InChI=1S/C21H22FN5O/c1-25(2)12-21(28)26-15-6-7-18(26)16-11-23-20-10-17(24-27(20)19(16)9-15)13-4-3-5-14(22)8-13/h3-5,8,10-11,15,18H,6-7,9,12H2,1-2H3/t15-,18+/m1/s1. The quantitative estimate of drug-likeness (QED) is 0.702. The average molecular weight is 379 g/mol. The summed E-state index contributed by atoms with van der Waals surface area (Å²) in [5, 5.41) is 4.73. The van der Waals surface area contributed by atoms with Crippen LogP contribution in [-0.4, -0.2) is 57.0 Å². The van der Waals surface area contributed by atoms with Gasteiger partial charge in [-0.15, -0.1) is 0 Å². The average Bonchev–Trinajstić information content (AvgIpc) is 3.22. The predicted molar refractivity (Wildman–Crippen MR) is 103 cm³/mol. The highest BCUT2D eigenvalue weighted by Gasteiger charge is 2.43. The van der Waals surface area contributed by atoms with Crippen molar-refractivity contribution < 1.29 is 9.18 Å². The van der Waals surface area contributed by atoms with Crippen molar-refractivity contribution >= 4 is 11.6 Å². The lowest BCUT2D eigenvalue weighted by molar-refractivity contribution is -0.135. The summed E-state index contributed by atoms with van der Waals surface area (Å²) in [6, 6.07) is 8.61. The zero-order chi connectivity index (χ0) is 19.4. The van der Waals surface area contributed by atoms with E-state index in [0.717, 1.165) is 41.7 Å². The maximum atomic E-state index is 13.6. The van der Waals surface area contributed by atoms with E-state index in [4.69, 9.17) is 5.10 Å². The van der Waals surface area contributed by atoms with E-state index in [2.05, 4.69) is 4.98 Å². The van der Waals surface area contributed by atoms with Crippen molar-refractivity contribution in [2.75, 3.05) is 20.6 Å². The number of hydrogen-bond acceptors (Lipinski definition) is 4. The van der Waals surface area contributed by atoms with E-state index >= 15 is 0 Å². The van der Waals surface area contributed by atoms with Crippen LogP contribution in [0, 0.1) is 5.82 Å². The van der Waals surface area contributed by atoms with Crippen LogP contribution in [0.2, 0.25) is 0 Å². The minimum atomic E-state index is -0.280. The smallest absolute Gasteiger partial charge is 0.237 e. The van der Waals surface area contributed by atoms with Gasteiger partial charge in [0.2, 0.25) is 5.91 Å². The number of likely N-dealkylation sites (N-methyl/N-ethyl adjacent to an activating group) is 1. The van der Waals surface area contributed by atoms with Crippen molar-refractivity contribution in [3.63, 3.8) is 0 Å². The van der Waals surface area contributed by atoms with E-state index < -0.39 is 0 Å². The third-order valence-corrected chi connectivity index (χ3v) is 5.77. The molecule has 4 heterocycles. The molecule has 144 valence electrons. The van der Waals surface area contributed by atoms with E-state index in [1.165, 1.54) is 12.1 Å². The van der Waals surface area contributed by atoms with E-state index in [0.29, 0.717) is 12.2 Å². The molecular weight excluding hydrogens is 357 g/mol. The molecule has 0 N–H and O–H groups in total. The van der Waals surface area contributed by atoms with Gasteiger partial charge in [0.25, 0.3) is 0 Å². The molecule has 2 bridgehead atoms. The van der Waals surface area contributed by atoms with Crippen LogP contribution < -0.4 is 0 Å². The molecule has 3 aromatic rings. The molecule has 6 nitrogen and oxygen atoms in total. The number of benzene rings is 1. The third kappa shape index (κ3) is 2.69. The van der Waals surface area contributed by atoms with Crippen LogP contribution in [-0.2, 0) is 11.2 Å². The summed E-state index contributed by atoms with van der Waals surface area (Å²) in [6.07, 6.45) is 4.62. The van der Waals surface area contributed by atoms with Crippen LogP contribution in [0.15, 0.2) is 36.5 Å². The van der Waals surface area contributed by atoms with Crippen molar-refractivity contribution in [2.24, 2.45) is 0 Å². The number of aromatic nitrogens is 3. The van der Waals surface area contributed by atoms with Gasteiger partial charge < -0.3 is 9.80 Å². The van der Waals surface area contributed by atoms with Crippen molar-refractivity contribution in [3.8, 4) is 11.3 Å². The Hall–Kier alpha value is -2.80. The second-order valence-electron chi connectivity index (χ2n) is 7.96. The highest BCUT2D eigenvalue weighted by Crippen LogP contribution is 2.43. The fourth-order valence-corrected chi connectivity index (χ4v) is 4.61. The first-order chi connectivity index (χ1) is 13.5. The lowest BCUT2D eigenvalue weighted by atomic mass is 9.99. The monoisotopic (exact) mass is 379 g/mol. The molecule has 2 aliphatic heterocycles. The maximum Gasteiger partial charge on any atom is 0.237 e. The molecular formula is C21H22FN5O. The van der Waals surface area contributed by atoms with Gasteiger partial charge in [0.1, 0.15) is 5.82 Å². The molecule has 0 radical (unpaired) electrons. The number of amides is 1. The predicted octanol–water partition coefficient (Wildman–Crippen LogP) is 2.69. The first-order valence-corrected chi connectivity index (χ1v) is 9.60. The summed E-state index contributed by atoms with van der Waals surface area (Å²) < 4.78 is 15.5. The molecule has 7 heteroatoms. The molecule has 1 aromatic carbocycles. The van der Waals surface area contributed by atoms with Crippen LogP contribution >= 0.6 is 0 Å². The number of carbonyl (C=O) groups is 1. The molecule has 2 aromatic heterocycles. The second-order valence-corrected chi connectivity index (χ2v) is 7.96. The highest BCUT2D eigenvalue weighted by atomic mass is 19.1. The van der Waals surface area contributed by atoms with Gasteiger partial charge in [-0.2, -0.15) is 5.10 Å². The van der Waals surface area contributed by atoms with Gasteiger partial charge in [0.05, 0.1) is 24.0 Å². The summed E-state index contributed by atoms with van der Waals surface area (Å²) >= 11 is 0. The van der Waals surface area contributed by atoms with Crippen molar-refractivity contribution in [3.05, 3.63) is 53.6 Å². The first kappa shape index (κ1) is 17.3. The van der Waals surface area contributed by atoms with E-state index in [9.17, 15) is 9.18 Å². The molecule has 0 saturated carbocycles. The minimum absolute atomic E-state index is 0.0694. The van der Waals surface area contributed by atoms with E-state index in [1.54, 1.807) is 6.07 Å². The Morgan fingerprint density at radius 2 is 2.14 bits per heavy atom. The topological polar surface area (TPSA) is 53.7 Å². The van der Waals surface area contributed by atoms with Crippen molar-refractivity contribution in [1.29, 1.82) is 0 Å². The largest absolute Gasteiger partial charge is 0.331 e. The Balaban J connectivity index is 1.56. The molecule has 28 heavy (non-hydrogen) atoms. The Labute approximate surface area is 162 Å². The number of fused-ring (bicyclic) bond motifs is 6. The highest BCUT2D eigenvalue weighted by molar-refractivity contribution is 5.80. The number of halogens is 1. The van der Waals surface area contributed by atoms with Crippen LogP contribution in [0.5, 0.6) is 0 Å². The minimum Gasteiger partial charge on any atom is -0.331 e. The lowest BCUT2D eigenvalue weighted by Gasteiger charge is -2.36. The molecule has 2 atom stereocenters. The SMILES string of the molecule is CN(C)CC(=O)N1[C@@H]2CC[C@H]1c1cnc3cc(-c4cccc(F)c4)nn3c1C2. The van der Waals surface area contributed by atoms with Crippen LogP contribution in [0.4, 0.5) is 4.39 Å². The van der Waals surface area contributed by atoms with Crippen molar-refractivity contribution in [2.45, 2.75) is 31.3 Å². The Morgan fingerprint density at radius 3 is 2.93 bits per heavy atom. The van der Waals surface area contributed by atoms with Gasteiger partial charge in [-0.05, 0) is 39.1 Å². The Kier molecular flexibility index (Phi) is 3.94. The first-order valence-electron chi connectivity index (χ1n) is 9.60. The summed E-state index contributed by atoms with van der Waals surface area (Å²) in [7, 11) is 3.83. The van der Waals surface area contributed by atoms with Gasteiger partial charge in [0, 0.05) is 35.9 Å². The number of rotatable bonds is 3. The van der Waals surface area contributed by atoms with Crippen LogP contribution in [0.25, 0.3) is 16.9 Å². The summed E-state index contributed by atoms with van der Waals surface area (Å²) in [5.74, 6) is -0.109. The fourth-order valence-electron chi connectivity index (χ4n) is 4.61. The molecule has 0 aliphatic carbocycles. The molecule has 1 saturated heterocycles. The van der Waals surface area contributed by atoms with Gasteiger partial charge in [-0.3, -0.25) is 4.79 Å². The van der Waals surface area contributed by atoms with Crippen LogP contribution in [0.1, 0.15) is 30.1 Å². The summed E-state index contributed by atoms with van der Waals surface area (Å²) in [5.41, 5.74) is 4.40. The zero-order valence-corrected chi connectivity index (χ0v) is 16.0.